The molecular weight excluding hydrogens is 547 g/mol. The largest absolute Gasteiger partial charge is 0.468 e. The van der Waals surface area contributed by atoms with Crippen LogP contribution < -0.4 is 15.8 Å². The molecule has 3 rings (SSSR count). The lowest BCUT2D eigenvalue weighted by Gasteiger charge is -2.27. The summed E-state index contributed by atoms with van der Waals surface area (Å²) in [6.07, 6.45) is -3.80. The number of nitrogens with zero attached hydrogens (tertiary/aromatic N) is 2. The fourth-order valence-electron chi connectivity index (χ4n) is 3.40. The van der Waals surface area contributed by atoms with E-state index in [0.29, 0.717) is 9.86 Å². The van der Waals surface area contributed by atoms with Gasteiger partial charge in [-0.05, 0) is 32.0 Å². The summed E-state index contributed by atoms with van der Waals surface area (Å²) >= 11 is 11.9. The summed E-state index contributed by atoms with van der Waals surface area (Å²) in [6.45, 7) is 1.71. The Kier molecular flexibility index (Phi) is 8.99. The third-order valence-corrected chi connectivity index (χ3v) is 7.17. The van der Waals surface area contributed by atoms with Crippen molar-refractivity contribution in [3.63, 3.8) is 0 Å². The van der Waals surface area contributed by atoms with Crippen molar-refractivity contribution in [3.8, 4) is 5.75 Å². The SMILES string of the molecule is COC(=O)C(C)N(OC[C@H]1O[C@@H](n2ccc(=O)[nH]c2=O)[C@](C)(F)[C@@H]1O)[PH](=O)Oc1ccc(Cl)cc1Cl. The van der Waals surface area contributed by atoms with Crippen molar-refractivity contribution in [2.75, 3.05) is 13.7 Å². The number of aromatic nitrogens is 2. The van der Waals surface area contributed by atoms with Crippen LogP contribution in [0.4, 0.5) is 4.39 Å². The number of alkyl halides is 1. The topological polar surface area (TPSA) is 149 Å². The van der Waals surface area contributed by atoms with E-state index in [0.717, 1.165) is 30.9 Å². The van der Waals surface area contributed by atoms with Gasteiger partial charge in [-0.2, -0.15) is 0 Å². The van der Waals surface area contributed by atoms with E-state index in [1.165, 1.54) is 25.1 Å². The van der Waals surface area contributed by atoms with Gasteiger partial charge in [0, 0.05) is 17.3 Å². The third-order valence-electron chi connectivity index (χ3n) is 5.36. The summed E-state index contributed by atoms with van der Waals surface area (Å²) in [7, 11) is -2.27. The Morgan fingerprint density at radius 2 is 2.08 bits per heavy atom. The molecule has 0 bridgehead atoms. The molecule has 198 valence electrons. The van der Waals surface area contributed by atoms with E-state index in [1.54, 1.807) is 0 Å². The summed E-state index contributed by atoms with van der Waals surface area (Å²) in [5.41, 5.74) is -4.15. The van der Waals surface area contributed by atoms with Gasteiger partial charge in [0.2, 0.25) is 0 Å². The quantitative estimate of drug-likeness (QED) is 0.261. The van der Waals surface area contributed by atoms with Crippen LogP contribution in [-0.2, 0) is 23.7 Å². The predicted octanol–water partition coefficient (Wildman–Crippen LogP) is 2.09. The Hall–Kier alpha value is -2.25. The van der Waals surface area contributed by atoms with Crippen LogP contribution in [0.5, 0.6) is 5.75 Å². The molecule has 2 heterocycles. The number of H-pyrrole nitrogens is 1. The minimum Gasteiger partial charge on any atom is -0.468 e. The molecule has 1 aromatic heterocycles. The molecule has 16 heteroatoms. The zero-order valence-electron chi connectivity index (χ0n) is 19.1. The number of esters is 1. The molecule has 0 amide bonds. The number of rotatable bonds is 9. The van der Waals surface area contributed by atoms with E-state index in [4.69, 9.17) is 37.3 Å². The van der Waals surface area contributed by atoms with Gasteiger partial charge in [-0.15, -0.1) is 0 Å². The molecule has 2 unspecified atom stereocenters. The van der Waals surface area contributed by atoms with E-state index in [1.807, 2.05) is 4.98 Å². The molecule has 0 radical (unpaired) electrons. The number of hydrogen-bond donors (Lipinski definition) is 2. The summed E-state index contributed by atoms with van der Waals surface area (Å²) < 4.78 is 44.7. The van der Waals surface area contributed by atoms with Crippen LogP contribution in [0.3, 0.4) is 0 Å². The second kappa shape index (κ2) is 11.4. The number of aromatic amines is 1. The standard InChI is InChI=1S/C20H23Cl2FN3O9P/c1-10(17(29)32-3)26(36(31)35-13-5-4-11(21)8-12(13)22)33-9-14-16(28)20(2,23)18(34-14)25-7-6-15(27)24-19(25)30/h4-8,10,14,16,18,28,36H,9H2,1-3H3,(H,24,27,30)/t10?,14-,16-,18-,20-/m1/s1. The van der Waals surface area contributed by atoms with Gasteiger partial charge in [-0.25, -0.2) is 9.18 Å². The van der Waals surface area contributed by atoms with Crippen molar-refractivity contribution in [1.82, 2.24) is 14.4 Å². The molecule has 0 spiro atoms. The van der Waals surface area contributed by atoms with Crippen molar-refractivity contribution in [2.24, 2.45) is 0 Å². The smallest absolute Gasteiger partial charge is 0.331 e. The maximum Gasteiger partial charge on any atom is 0.331 e. The Morgan fingerprint density at radius 3 is 2.69 bits per heavy atom. The van der Waals surface area contributed by atoms with Crippen LogP contribution in [-0.4, -0.2) is 63.1 Å². The van der Waals surface area contributed by atoms with E-state index < -0.39 is 62.2 Å². The number of methoxy groups -OCH3 is 1. The number of aliphatic hydroxyl groups excluding tert-OH is 1. The van der Waals surface area contributed by atoms with E-state index in [2.05, 4.69) is 4.74 Å². The fraction of sp³-hybridized carbons (Fsp3) is 0.450. The highest BCUT2D eigenvalue weighted by molar-refractivity contribution is 7.36. The van der Waals surface area contributed by atoms with Crippen molar-refractivity contribution in [3.05, 3.63) is 61.3 Å². The molecule has 1 aromatic carbocycles. The second-order valence-corrected chi connectivity index (χ2v) is 9.92. The number of aliphatic hydroxyl groups is 1. The number of halogens is 3. The molecule has 6 atom stereocenters. The molecule has 36 heavy (non-hydrogen) atoms. The first kappa shape index (κ1) is 28.3. The first-order valence-electron chi connectivity index (χ1n) is 10.4. The van der Waals surface area contributed by atoms with Gasteiger partial charge in [0.25, 0.3) is 5.56 Å². The number of hydrogen-bond acceptors (Lipinski definition) is 9. The van der Waals surface area contributed by atoms with E-state index >= 15 is 4.39 Å². The Bertz CT molecular complexity index is 1260. The summed E-state index contributed by atoms with van der Waals surface area (Å²) in [5.74, 6) is -0.846. The molecule has 0 saturated carbocycles. The van der Waals surface area contributed by atoms with Crippen LogP contribution in [0, 0.1) is 0 Å². The third kappa shape index (κ3) is 6.00. The van der Waals surface area contributed by atoms with Crippen molar-refractivity contribution in [2.45, 2.75) is 44.0 Å². The number of benzene rings is 1. The summed E-state index contributed by atoms with van der Waals surface area (Å²) in [5, 5.41) is 10.9. The molecule has 1 aliphatic rings. The number of carbonyl (C=O) groups is 1. The maximum atomic E-state index is 15.4. The predicted molar refractivity (Wildman–Crippen MR) is 126 cm³/mol. The lowest BCUT2D eigenvalue weighted by molar-refractivity contribution is -0.179. The highest BCUT2D eigenvalue weighted by Crippen LogP contribution is 2.42. The molecule has 1 saturated heterocycles. The maximum absolute atomic E-state index is 15.4. The highest BCUT2D eigenvalue weighted by Gasteiger charge is 2.55. The van der Waals surface area contributed by atoms with Crippen LogP contribution >= 0.6 is 31.4 Å². The van der Waals surface area contributed by atoms with E-state index in [-0.39, 0.29) is 10.8 Å². The Morgan fingerprint density at radius 1 is 1.39 bits per heavy atom. The minimum atomic E-state index is -3.38. The normalized spacial score (nSPS) is 25.5. The van der Waals surface area contributed by atoms with Crippen LogP contribution in [0.25, 0.3) is 0 Å². The molecule has 12 nitrogen and oxygen atoms in total. The Balaban J connectivity index is 1.80. The fourth-order valence-corrected chi connectivity index (χ4v) is 4.97. The zero-order valence-corrected chi connectivity index (χ0v) is 21.7. The number of carbonyl (C=O) groups excluding carboxylic acids is 1. The summed E-state index contributed by atoms with van der Waals surface area (Å²) in [4.78, 5) is 43.7. The summed E-state index contributed by atoms with van der Waals surface area (Å²) in [6, 6.07) is 3.88. The molecule has 1 fully saturated rings. The average Bonchev–Trinajstić information content (AvgIpc) is 3.03. The van der Waals surface area contributed by atoms with Crippen LogP contribution in [0.1, 0.15) is 20.1 Å². The van der Waals surface area contributed by atoms with Gasteiger partial charge in [-0.1, -0.05) is 28.0 Å². The number of ether oxygens (including phenoxy) is 2. The van der Waals surface area contributed by atoms with Gasteiger partial charge in [0.1, 0.15) is 24.0 Å². The van der Waals surface area contributed by atoms with Crippen molar-refractivity contribution in [1.29, 1.82) is 0 Å². The molecule has 2 aromatic rings. The van der Waals surface area contributed by atoms with Gasteiger partial charge in [0.05, 0.1) is 18.7 Å². The van der Waals surface area contributed by atoms with Gasteiger partial charge >= 0.3 is 19.8 Å². The number of nitrogens with one attached hydrogen (secondary N) is 1. The first-order chi connectivity index (χ1) is 16.9. The van der Waals surface area contributed by atoms with Gasteiger partial charge in [0.15, 0.2) is 11.9 Å². The van der Waals surface area contributed by atoms with Crippen LogP contribution in [0.2, 0.25) is 10.0 Å². The first-order valence-corrected chi connectivity index (χ1v) is 12.4. The lowest BCUT2D eigenvalue weighted by atomic mass is 9.98. The average molecular weight is 570 g/mol. The van der Waals surface area contributed by atoms with Crippen molar-refractivity contribution >= 4 is 37.3 Å². The Labute approximate surface area is 214 Å². The number of hydroxylamine groups is 1. The zero-order chi connectivity index (χ0) is 26.8. The van der Waals surface area contributed by atoms with Crippen LogP contribution in [0.15, 0.2) is 40.1 Å². The lowest BCUT2D eigenvalue weighted by Crippen LogP contribution is -2.44. The molecule has 2 N–H and O–H groups in total. The van der Waals surface area contributed by atoms with Crippen molar-refractivity contribution < 1.29 is 37.7 Å². The van der Waals surface area contributed by atoms with E-state index in [9.17, 15) is 24.1 Å². The molecule has 1 aliphatic heterocycles. The monoisotopic (exact) mass is 569 g/mol. The van der Waals surface area contributed by atoms with Gasteiger partial charge < -0.3 is 19.1 Å². The molecule has 0 aliphatic carbocycles. The second-order valence-electron chi connectivity index (χ2n) is 7.90. The molecular formula is C20H23Cl2FN3O9P. The highest BCUT2D eigenvalue weighted by atomic mass is 35.5. The minimum absolute atomic E-state index is 0.0124. The van der Waals surface area contributed by atoms with Gasteiger partial charge in [-0.3, -0.25) is 28.5 Å².